The Labute approximate surface area is 129 Å². The Kier molecular flexibility index (Phi) is 3.19. The Morgan fingerprint density at radius 1 is 0.619 bits per heavy atom. The molecule has 0 aliphatic heterocycles. The zero-order chi connectivity index (χ0) is 15.4. The third-order valence-corrected chi connectivity index (χ3v) is 8.29. The van der Waals surface area contributed by atoms with Gasteiger partial charge in [-0.15, -0.1) is 0 Å². The molecular weight excluding hydrogens is 288 g/mol. The number of rotatable bonds is 2. The van der Waals surface area contributed by atoms with Gasteiger partial charge < -0.3 is 4.42 Å². The highest BCUT2D eigenvalue weighted by molar-refractivity contribution is 6.89. The van der Waals surface area contributed by atoms with Gasteiger partial charge in [-0.1, -0.05) is 73.9 Å². The van der Waals surface area contributed by atoms with Crippen LogP contribution in [0.4, 0.5) is 0 Å². The topological polar surface area (TPSA) is 13.1 Å². The molecule has 0 N–H and O–H groups in total. The van der Waals surface area contributed by atoms with E-state index in [9.17, 15) is 0 Å². The molecule has 0 aliphatic carbocycles. The fraction of sp³-hybridized carbons (Fsp3) is 0.333. The Hall–Kier alpha value is -1.33. The van der Waals surface area contributed by atoms with E-state index in [-0.39, 0.29) is 0 Å². The van der Waals surface area contributed by atoms with Crippen LogP contribution in [-0.4, -0.2) is 16.1 Å². The van der Waals surface area contributed by atoms with Crippen LogP contribution < -0.4 is 10.4 Å². The molecule has 110 valence electrons. The SMILES string of the molecule is C[Si](C)(C)c1ccc2oc3ccc([Si](C)(C)C)cc3c2c1. The molecule has 0 unspecified atom stereocenters. The highest BCUT2D eigenvalue weighted by atomic mass is 28.3. The van der Waals surface area contributed by atoms with Crippen LogP contribution in [0.3, 0.4) is 0 Å². The van der Waals surface area contributed by atoms with Crippen molar-refractivity contribution < 1.29 is 4.42 Å². The van der Waals surface area contributed by atoms with Crippen molar-refractivity contribution in [2.24, 2.45) is 0 Å². The quantitative estimate of drug-likeness (QED) is 0.626. The minimum absolute atomic E-state index is 1.01. The van der Waals surface area contributed by atoms with Gasteiger partial charge in [-0.3, -0.25) is 0 Å². The van der Waals surface area contributed by atoms with Gasteiger partial charge in [0.2, 0.25) is 0 Å². The number of hydrogen-bond acceptors (Lipinski definition) is 1. The van der Waals surface area contributed by atoms with Gasteiger partial charge in [0.05, 0.1) is 16.1 Å². The molecule has 1 aromatic heterocycles. The smallest absolute Gasteiger partial charge is 0.135 e. The zero-order valence-electron chi connectivity index (χ0n) is 13.9. The van der Waals surface area contributed by atoms with E-state index < -0.39 is 16.1 Å². The van der Waals surface area contributed by atoms with Crippen LogP contribution in [0.2, 0.25) is 39.3 Å². The van der Waals surface area contributed by atoms with Gasteiger partial charge in [-0.2, -0.15) is 0 Å². The third kappa shape index (κ3) is 2.60. The minimum atomic E-state index is -1.29. The summed E-state index contributed by atoms with van der Waals surface area (Å²) in [4.78, 5) is 0. The highest BCUT2D eigenvalue weighted by Crippen LogP contribution is 2.28. The fourth-order valence-electron chi connectivity index (χ4n) is 2.71. The van der Waals surface area contributed by atoms with Crippen LogP contribution in [0, 0.1) is 0 Å². The van der Waals surface area contributed by atoms with Crippen molar-refractivity contribution in [3.05, 3.63) is 36.4 Å². The standard InChI is InChI=1S/C18H24OSi2/c1-20(2,3)13-7-9-17-15(11-13)16-12-14(21(4,5)6)8-10-18(16)19-17/h7-12H,1-6H3. The summed E-state index contributed by atoms with van der Waals surface area (Å²) in [6.07, 6.45) is 0. The first kappa shape index (κ1) is 14.6. The molecule has 0 saturated carbocycles. The maximum absolute atomic E-state index is 6.02. The van der Waals surface area contributed by atoms with Crippen LogP contribution in [-0.2, 0) is 0 Å². The largest absolute Gasteiger partial charge is 0.456 e. The summed E-state index contributed by atoms with van der Waals surface area (Å²) in [5.74, 6) is 0. The molecule has 0 fully saturated rings. The average molecular weight is 313 g/mol. The molecule has 3 rings (SSSR count). The van der Waals surface area contributed by atoms with E-state index in [1.54, 1.807) is 0 Å². The van der Waals surface area contributed by atoms with Crippen LogP contribution in [0.15, 0.2) is 40.8 Å². The normalized spacial score (nSPS) is 13.2. The molecule has 3 heteroatoms. The summed E-state index contributed by atoms with van der Waals surface area (Å²) < 4.78 is 6.02. The number of fused-ring (bicyclic) bond motifs is 3. The average Bonchev–Trinajstić information content (AvgIpc) is 2.73. The molecule has 21 heavy (non-hydrogen) atoms. The molecule has 2 aromatic carbocycles. The van der Waals surface area contributed by atoms with Gasteiger partial charge in [-0.05, 0) is 12.1 Å². The molecule has 0 atom stereocenters. The second kappa shape index (κ2) is 4.58. The molecule has 0 bridgehead atoms. The van der Waals surface area contributed by atoms with Gasteiger partial charge in [0.1, 0.15) is 11.2 Å². The lowest BCUT2D eigenvalue weighted by molar-refractivity contribution is 0.669. The first-order chi connectivity index (χ1) is 9.66. The first-order valence-corrected chi connectivity index (χ1v) is 14.6. The Morgan fingerprint density at radius 2 is 1.00 bits per heavy atom. The molecule has 0 aliphatic rings. The zero-order valence-corrected chi connectivity index (χ0v) is 15.9. The van der Waals surface area contributed by atoms with Crippen molar-refractivity contribution in [2.75, 3.05) is 0 Å². The Morgan fingerprint density at radius 3 is 1.33 bits per heavy atom. The van der Waals surface area contributed by atoms with E-state index >= 15 is 0 Å². The van der Waals surface area contributed by atoms with Crippen molar-refractivity contribution in [1.82, 2.24) is 0 Å². The second-order valence-corrected chi connectivity index (χ2v) is 18.2. The van der Waals surface area contributed by atoms with Crippen molar-refractivity contribution in [2.45, 2.75) is 39.3 Å². The van der Waals surface area contributed by atoms with Gasteiger partial charge in [0.25, 0.3) is 0 Å². The highest BCUT2D eigenvalue weighted by Gasteiger charge is 2.20. The Bertz CT molecular complexity index is 748. The maximum atomic E-state index is 6.02. The van der Waals surface area contributed by atoms with E-state index in [0.717, 1.165) is 11.2 Å². The summed E-state index contributed by atoms with van der Waals surface area (Å²) in [6.45, 7) is 14.4. The second-order valence-electron chi connectivity index (χ2n) is 8.02. The van der Waals surface area contributed by atoms with Crippen LogP contribution in [0.1, 0.15) is 0 Å². The molecule has 0 radical (unpaired) electrons. The summed E-state index contributed by atoms with van der Waals surface area (Å²) in [5, 5.41) is 5.56. The molecule has 1 nitrogen and oxygen atoms in total. The number of benzene rings is 2. The van der Waals surface area contributed by atoms with Crippen LogP contribution in [0.25, 0.3) is 21.9 Å². The predicted octanol–water partition coefficient (Wildman–Crippen LogP) is 4.68. The summed E-state index contributed by atoms with van der Waals surface area (Å²) in [6, 6.07) is 13.5. The van der Waals surface area contributed by atoms with Crippen LogP contribution in [0.5, 0.6) is 0 Å². The lowest BCUT2D eigenvalue weighted by Crippen LogP contribution is -2.37. The van der Waals surface area contributed by atoms with Crippen molar-refractivity contribution in [3.8, 4) is 0 Å². The first-order valence-electron chi connectivity index (χ1n) is 7.63. The van der Waals surface area contributed by atoms with E-state index in [4.69, 9.17) is 4.42 Å². The summed E-state index contributed by atoms with van der Waals surface area (Å²) in [5.41, 5.74) is 2.03. The lowest BCUT2D eigenvalue weighted by Gasteiger charge is -2.17. The summed E-state index contributed by atoms with van der Waals surface area (Å²) in [7, 11) is -2.59. The molecule has 0 spiro atoms. The van der Waals surface area contributed by atoms with E-state index in [1.807, 2.05) is 0 Å². The van der Waals surface area contributed by atoms with Crippen LogP contribution >= 0.6 is 0 Å². The molecular formula is C18H24OSi2. The lowest BCUT2D eigenvalue weighted by atomic mass is 10.1. The predicted molar refractivity (Wildman–Crippen MR) is 99.7 cm³/mol. The van der Waals surface area contributed by atoms with Crippen molar-refractivity contribution in [1.29, 1.82) is 0 Å². The molecule has 0 amide bonds. The molecule has 0 saturated heterocycles. The van der Waals surface area contributed by atoms with E-state index in [2.05, 4.69) is 75.7 Å². The summed E-state index contributed by atoms with van der Waals surface area (Å²) >= 11 is 0. The Balaban J connectivity index is 2.31. The monoisotopic (exact) mass is 312 g/mol. The minimum Gasteiger partial charge on any atom is -0.456 e. The van der Waals surface area contributed by atoms with Crippen molar-refractivity contribution >= 4 is 48.5 Å². The van der Waals surface area contributed by atoms with Gasteiger partial charge >= 0.3 is 0 Å². The maximum Gasteiger partial charge on any atom is 0.135 e. The number of furan rings is 1. The van der Waals surface area contributed by atoms with Crippen molar-refractivity contribution in [3.63, 3.8) is 0 Å². The third-order valence-electron chi connectivity index (χ3n) is 4.20. The fourth-order valence-corrected chi connectivity index (χ4v) is 5.03. The molecule has 3 aromatic rings. The van der Waals surface area contributed by atoms with Gasteiger partial charge in [-0.25, -0.2) is 0 Å². The van der Waals surface area contributed by atoms with E-state index in [0.29, 0.717) is 0 Å². The van der Waals surface area contributed by atoms with E-state index in [1.165, 1.54) is 21.1 Å². The van der Waals surface area contributed by atoms with Gasteiger partial charge in [0.15, 0.2) is 0 Å². The van der Waals surface area contributed by atoms with Gasteiger partial charge in [0, 0.05) is 10.8 Å². The molecule has 1 heterocycles. The number of hydrogen-bond donors (Lipinski definition) is 0.